The first kappa shape index (κ1) is 100.0. The number of hydrogen-bond acceptors (Lipinski definition) is 23. The van der Waals surface area contributed by atoms with Gasteiger partial charge in [0.2, 0.25) is 0 Å². The summed E-state index contributed by atoms with van der Waals surface area (Å²) in [7, 11) is 0. The third-order valence-corrected chi connectivity index (χ3v) is 11.2. The average molecular weight is 1550 g/mol. The molecule has 0 aliphatic heterocycles. The molecule has 0 saturated heterocycles. The van der Waals surface area contributed by atoms with Gasteiger partial charge in [0.25, 0.3) is 0 Å². The zero-order chi connectivity index (χ0) is 81.8. The smallest absolute Gasteiger partial charge is 0.411 e. The number of amides is 2. The number of benzene rings is 3. The lowest BCUT2D eigenvalue weighted by molar-refractivity contribution is -0.162. The molecule has 0 aromatic heterocycles. The molecule has 0 atom stereocenters. The van der Waals surface area contributed by atoms with Crippen LogP contribution in [0.4, 0.5) is 9.59 Å². The van der Waals surface area contributed by atoms with Gasteiger partial charge in [-0.3, -0.25) is 67.4 Å². The van der Waals surface area contributed by atoms with Crippen LogP contribution in [0.3, 0.4) is 0 Å². The van der Waals surface area contributed by atoms with Crippen LogP contribution in [0.1, 0.15) is 201 Å². The summed E-state index contributed by atoms with van der Waals surface area (Å²) in [4.78, 5) is 150. The summed E-state index contributed by atoms with van der Waals surface area (Å²) < 4.78 is 46.4. The molecule has 3 rings (SSSR count). The highest BCUT2D eigenvalue weighted by Crippen LogP contribution is 2.17. The van der Waals surface area contributed by atoms with Crippen molar-refractivity contribution in [1.82, 2.24) is 14.7 Å². The number of carboxylic acid groups (broad SMARTS) is 4. The molecular formula is C75H114BrN3O26. The van der Waals surface area contributed by atoms with E-state index < -0.39 is 108 Å². The Balaban J connectivity index is -0.00000124. The molecule has 0 heterocycles. The van der Waals surface area contributed by atoms with Crippen molar-refractivity contribution in [3.05, 3.63) is 108 Å². The topological polar surface area (TPSA) is 396 Å². The molecule has 105 heavy (non-hydrogen) atoms. The van der Waals surface area contributed by atoms with Gasteiger partial charge in [0.05, 0.1) is 13.1 Å². The maximum atomic E-state index is 12.4. The molecule has 0 bridgehead atoms. The second-order valence-corrected chi connectivity index (χ2v) is 30.5. The second kappa shape index (κ2) is 49.5. The van der Waals surface area contributed by atoms with Crippen LogP contribution in [-0.4, -0.2) is 197 Å². The number of nitrogens with zero attached hydrogens (tertiary/aromatic N) is 3. The minimum absolute atomic E-state index is 0.0266. The van der Waals surface area contributed by atoms with Gasteiger partial charge in [-0.15, -0.1) is 0 Å². The number of rotatable bonds is 27. The van der Waals surface area contributed by atoms with Crippen LogP contribution in [0, 0.1) is 0 Å². The van der Waals surface area contributed by atoms with Crippen molar-refractivity contribution in [3.8, 4) is 0 Å². The van der Waals surface area contributed by atoms with Crippen molar-refractivity contribution < 1.29 is 125 Å². The molecule has 0 aliphatic rings. The van der Waals surface area contributed by atoms with Gasteiger partial charge < -0.3 is 63.1 Å². The Bertz CT molecular complexity index is 3030. The van der Waals surface area contributed by atoms with E-state index in [-0.39, 0.29) is 99.2 Å². The van der Waals surface area contributed by atoms with Crippen LogP contribution in [0.25, 0.3) is 0 Å². The predicted molar refractivity (Wildman–Crippen MR) is 391 cm³/mol. The van der Waals surface area contributed by atoms with E-state index in [2.05, 4.69) is 15.9 Å². The minimum Gasteiger partial charge on any atom is -0.481 e. The van der Waals surface area contributed by atoms with E-state index in [0.29, 0.717) is 17.9 Å². The number of carbonyl (C=O) groups excluding carboxylic acids is 9. The minimum atomic E-state index is -1.31. The number of carboxylic acids is 4. The molecular weight excluding hydrogens is 1440 g/mol. The molecule has 0 saturated carbocycles. The fourth-order valence-corrected chi connectivity index (χ4v) is 7.54. The van der Waals surface area contributed by atoms with E-state index >= 15 is 0 Å². The van der Waals surface area contributed by atoms with Gasteiger partial charge >= 0.3 is 77.8 Å². The summed E-state index contributed by atoms with van der Waals surface area (Å²) in [5.74, 6) is -7.28. The van der Waals surface area contributed by atoms with Crippen molar-refractivity contribution in [2.75, 3.05) is 44.6 Å². The number of esters is 7. The fourth-order valence-electron chi connectivity index (χ4n) is 7.42. The number of carbonyl (C=O) groups is 13. The third kappa shape index (κ3) is 67.7. The van der Waals surface area contributed by atoms with Crippen LogP contribution in [0.15, 0.2) is 91.0 Å². The summed E-state index contributed by atoms with van der Waals surface area (Å²) in [5.41, 5.74) is -1.28. The number of alkyl halides is 1. The van der Waals surface area contributed by atoms with Gasteiger partial charge in [-0.25, -0.2) is 9.59 Å². The molecule has 30 heteroatoms. The van der Waals surface area contributed by atoms with Gasteiger partial charge in [-0.05, 0) is 175 Å². The number of halogens is 1. The van der Waals surface area contributed by atoms with Gasteiger partial charge in [0.1, 0.15) is 83.9 Å². The average Bonchev–Trinajstić information content (AvgIpc) is 0.886. The van der Waals surface area contributed by atoms with Crippen LogP contribution < -0.4 is 0 Å². The van der Waals surface area contributed by atoms with Crippen molar-refractivity contribution in [2.45, 2.75) is 243 Å². The van der Waals surface area contributed by atoms with Crippen molar-refractivity contribution >= 4 is 93.8 Å². The lowest BCUT2D eigenvalue weighted by Gasteiger charge is -2.26. The first-order valence-corrected chi connectivity index (χ1v) is 34.6. The van der Waals surface area contributed by atoms with E-state index in [0.717, 1.165) is 21.6 Å². The van der Waals surface area contributed by atoms with Crippen LogP contribution in [0.2, 0.25) is 0 Å². The van der Waals surface area contributed by atoms with Crippen molar-refractivity contribution in [1.29, 1.82) is 0 Å². The van der Waals surface area contributed by atoms with E-state index in [1.165, 1.54) is 0 Å². The Morgan fingerprint density at radius 2 is 0.543 bits per heavy atom. The number of hydrogen-bond donors (Lipinski definition) is 4. The highest BCUT2D eigenvalue weighted by atomic mass is 79.9. The highest BCUT2D eigenvalue weighted by molar-refractivity contribution is 9.09. The van der Waals surface area contributed by atoms with E-state index in [1.807, 2.05) is 152 Å². The summed E-state index contributed by atoms with van der Waals surface area (Å²) in [6.07, 6.45) is -0.732. The van der Waals surface area contributed by atoms with Gasteiger partial charge in [-0.2, -0.15) is 0 Å². The van der Waals surface area contributed by atoms with Gasteiger partial charge in [-0.1, -0.05) is 107 Å². The first-order valence-electron chi connectivity index (χ1n) is 33.5. The number of aliphatic carboxylic acids is 4. The molecule has 592 valence electrons. The third-order valence-electron chi connectivity index (χ3n) is 10.8. The normalized spacial score (nSPS) is 11.2. The quantitative estimate of drug-likeness (QED) is 0.0313. The summed E-state index contributed by atoms with van der Waals surface area (Å²) in [5, 5.41) is 33.5. The molecule has 3 aromatic carbocycles. The summed E-state index contributed by atoms with van der Waals surface area (Å²) in [6, 6.07) is 27.6. The molecule has 3 aromatic rings. The Kier molecular flexibility index (Phi) is 47.1. The fraction of sp³-hybridized carbons (Fsp3) is 0.587. The predicted octanol–water partition coefficient (Wildman–Crippen LogP) is 12.2. The molecule has 29 nitrogen and oxygen atoms in total. The van der Waals surface area contributed by atoms with Gasteiger partial charge in [0, 0.05) is 32.2 Å². The molecule has 0 aliphatic carbocycles. The van der Waals surface area contributed by atoms with Crippen LogP contribution >= 0.6 is 15.9 Å². The second-order valence-electron chi connectivity index (χ2n) is 29.9. The lowest BCUT2D eigenvalue weighted by Crippen LogP contribution is -2.43. The standard InChI is InChI=1S/C20H29NO6.C19H29NO4.C13H24O4.C12H13NO6.C6H11BrO2.C5H8O4/c1-19(2,3)26-16(22)12-21(13-17(23)27-20(4,5)6)18(24)25-14-15-10-8-7-9-11-15;1-18(2,3)23-16(21)13-20(12-15-10-8-7-9-11-15)14-17(22)24-19(4,5)6;1-12(2,3)16-10(14)8-7-9-11(15)17-13(4,5)6;14-10(15)6-13(7-11(16)17)12(18)19-8-9-4-2-1-3-5-9;1-6(2,3)9-5(8)4-7;6-4(7)2-1-3-5(8)9/h7-11H,12-14H2,1-6H3;7-11H,12-14H2,1-6H3;7-9H2,1-6H3;1-5H,6-8H2,(H,14,15)(H,16,17);4H2,1-3H3;1-3H2,(H,6,7)(H,8,9). The zero-order valence-corrected chi connectivity index (χ0v) is 66.5. The highest BCUT2D eigenvalue weighted by Gasteiger charge is 2.29. The van der Waals surface area contributed by atoms with Crippen LogP contribution in [0.5, 0.6) is 0 Å². The van der Waals surface area contributed by atoms with E-state index in [1.54, 1.807) is 88.9 Å². The lowest BCUT2D eigenvalue weighted by atomic mass is 10.1. The summed E-state index contributed by atoms with van der Waals surface area (Å²) >= 11 is 2.99. The van der Waals surface area contributed by atoms with Gasteiger partial charge in [0.15, 0.2) is 0 Å². The molecule has 0 radical (unpaired) electrons. The molecule has 0 unspecified atom stereocenters. The van der Waals surface area contributed by atoms with Crippen LogP contribution in [-0.2, 0) is 115 Å². The molecule has 2 amide bonds. The maximum Gasteiger partial charge on any atom is 0.411 e. The molecule has 4 N–H and O–H groups in total. The summed E-state index contributed by atoms with van der Waals surface area (Å²) in [6.45, 7) is 35.9. The van der Waals surface area contributed by atoms with Crippen molar-refractivity contribution in [3.63, 3.8) is 0 Å². The Morgan fingerprint density at radius 3 is 0.790 bits per heavy atom. The monoisotopic (exact) mass is 1550 g/mol. The molecule has 0 fully saturated rings. The first-order chi connectivity index (χ1) is 47.9. The molecule has 0 spiro atoms. The van der Waals surface area contributed by atoms with E-state index in [4.69, 9.17) is 63.1 Å². The zero-order valence-electron chi connectivity index (χ0n) is 65.0. The van der Waals surface area contributed by atoms with E-state index in [9.17, 15) is 62.3 Å². The van der Waals surface area contributed by atoms with Crippen molar-refractivity contribution in [2.24, 2.45) is 0 Å². The Hall–Kier alpha value is -9.19. The Labute approximate surface area is 626 Å². The largest absolute Gasteiger partial charge is 0.481 e. The Morgan fingerprint density at radius 1 is 0.305 bits per heavy atom. The maximum absolute atomic E-state index is 12.4. The number of ether oxygens (including phenoxy) is 9. The SMILES string of the molecule is CC(C)(C)OC(=O)CBr.CC(C)(C)OC(=O)CCCC(=O)OC(C)(C)C.CC(C)(C)OC(=O)CN(CC(=O)OC(C)(C)C)C(=O)OCc1ccccc1.CC(C)(C)OC(=O)CN(CC(=O)OC(C)(C)C)Cc1ccccc1.O=C(O)CCCC(=O)O.O=C(O)CN(CC(=O)O)C(=O)OCc1ccccc1.